The molecule has 12 heavy (non-hydrogen) atoms. The molecule has 0 aliphatic carbocycles. The van der Waals surface area contributed by atoms with Gasteiger partial charge in [0.25, 0.3) is 0 Å². The van der Waals surface area contributed by atoms with E-state index in [0.717, 1.165) is 13.0 Å². The highest BCUT2D eigenvalue weighted by atomic mass is 16.6. The minimum atomic E-state index is -0.266. The smallest absolute Gasteiger partial charge is 0.407 e. The molecule has 4 heteroatoms. The lowest BCUT2D eigenvalue weighted by molar-refractivity contribution is 0.176. The van der Waals surface area contributed by atoms with E-state index in [2.05, 4.69) is 10.6 Å². The SMILES string of the molecule is O=C1NC(CC2CCCN2)CO1. The molecule has 2 aliphatic rings. The van der Waals surface area contributed by atoms with E-state index in [1.54, 1.807) is 0 Å². The number of nitrogens with one attached hydrogen (secondary N) is 2. The first-order chi connectivity index (χ1) is 5.84. The van der Waals surface area contributed by atoms with E-state index in [-0.39, 0.29) is 12.1 Å². The third-order valence-electron chi connectivity index (χ3n) is 2.47. The number of ether oxygens (including phenoxy) is 1. The van der Waals surface area contributed by atoms with Crippen molar-refractivity contribution in [1.29, 1.82) is 0 Å². The zero-order valence-electron chi connectivity index (χ0n) is 7.01. The van der Waals surface area contributed by atoms with Crippen molar-refractivity contribution in [2.75, 3.05) is 13.2 Å². The van der Waals surface area contributed by atoms with E-state index < -0.39 is 0 Å². The predicted octanol–water partition coefficient (Wildman–Crippen LogP) is 0.237. The molecule has 0 bridgehead atoms. The molecular weight excluding hydrogens is 156 g/mol. The van der Waals surface area contributed by atoms with Crippen LogP contribution in [0.4, 0.5) is 4.79 Å². The quantitative estimate of drug-likeness (QED) is 0.624. The van der Waals surface area contributed by atoms with Gasteiger partial charge in [0.15, 0.2) is 0 Å². The Hall–Kier alpha value is -0.770. The fraction of sp³-hybridized carbons (Fsp3) is 0.875. The minimum absolute atomic E-state index is 0.230. The summed E-state index contributed by atoms with van der Waals surface area (Å²) >= 11 is 0. The Bertz CT molecular complexity index is 178. The van der Waals surface area contributed by atoms with Crippen LogP contribution in [0.3, 0.4) is 0 Å². The highest BCUT2D eigenvalue weighted by Gasteiger charge is 2.26. The van der Waals surface area contributed by atoms with E-state index in [1.807, 2.05) is 0 Å². The van der Waals surface area contributed by atoms with Crippen LogP contribution in [-0.2, 0) is 4.74 Å². The zero-order valence-corrected chi connectivity index (χ0v) is 7.01. The number of hydrogen-bond acceptors (Lipinski definition) is 3. The molecule has 2 atom stereocenters. The molecule has 1 amide bonds. The van der Waals surface area contributed by atoms with Crippen molar-refractivity contribution in [1.82, 2.24) is 10.6 Å². The van der Waals surface area contributed by atoms with Crippen molar-refractivity contribution in [3.63, 3.8) is 0 Å². The molecular formula is C8H14N2O2. The van der Waals surface area contributed by atoms with Crippen LogP contribution in [0.5, 0.6) is 0 Å². The maximum atomic E-state index is 10.7. The molecule has 0 aromatic carbocycles. The Balaban J connectivity index is 1.75. The highest BCUT2D eigenvalue weighted by molar-refractivity contribution is 5.69. The lowest BCUT2D eigenvalue weighted by atomic mass is 10.1. The molecule has 0 spiro atoms. The summed E-state index contributed by atoms with van der Waals surface area (Å²) in [4.78, 5) is 10.7. The number of carbonyl (C=O) groups excluding carboxylic acids is 1. The number of hydrogen-bond donors (Lipinski definition) is 2. The summed E-state index contributed by atoms with van der Waals surface area (Å²) in [6.07, 6.45) is 3.22. The molecule has 2 rings (SSSR count). The fourth-order valence-corrected chi connectivity index (χ4v) is 1.85. The highest BCUT2D eigenvalue weighted by Crippen LogP contribution is 2.13. The lowest BCUT2D eigenvalue weighted by Crippen LogP contribution is -2.34. The molecule has 2 N–H and O–H groups in total. The topological polar surface area (TPSA) is 50.4 Å². The fourth-order valence-electron chi connectivity index (χ4n) is 1.85. The summed E-state index contributed by atoms with van der Waals surface area (Å²) in [5, 5.41) is 6.17. The van der Waals surface area contributed by atoms with Crippen molar-refractivity contribution < 1.29 is 9.53 Å². The summed E-state index contributed by atoms with van der Waals surface area (Å²) < 4.78 is 4.80. The maximum absolute atomic E-state index is 10.7. The second-order valence-electron chi connectivity index (χ2n) is 3.47. The first kappa shape index (κ1) is 7.86. The number of carbonyl (C=O) groups is 1. The van der Waals surface area contributed by atoms with Gasteiger partial charge in [-0.3, -0.25) is 0 Å². The predicted molar refractivity (Wildman–Crippen MR) is 43.9 cm³/mol. The Morgan fingerprint density at radius 1 is 1.50 bits per heavy atom. The summed E-state index contributed by atoms with van der Waals surface area (Å²) in [7, 11) is 0. The van der Waals surface area contributed by atoms with Crippen LogP contribution in [0.2, 0.25) is 0 Å². The molecule has 2 fully saturated rings. The van der Waals surface area contributed by atoms with Gasteiger partial charge in [-0.05, 0) is 25.8 Å². The Labute approximate surface area is 71.7 Å². The second-order valence-corrected chi connectivity index (χ2v) is 3.47. The van der Waals surface area contributed by atoms with Gasteiger partial charge < -0.3 is 15.4 Å². The Kier molecular flexibility index (Phi) is 2.17. The molecule has 2 unspecified atom stereocenters. The van der Waals surface area contributed by atoms with Gasteiger partial charge >= 0.3 is 6.09 Å². The third kappa shape index (κ3) is 1.69. The van der Waals surface area contributed by atoms with Crippen LogP contribution in [0.15, 0.2) is 0 Å². The molecule has 0 radical (unpaired) electrons. The number of alkyl carbamates (subject to hydrolysis) is 1. The summed E-state index contributed by atoms with van der Waals surface area (Å²) in [6, 6.07) is 0.810. The Morgan fingerprint density at radius 2 is 2.42 bits per heavy atom. The van der Waals surface area contributed by atoms with E-state index in [1.165, 1.54) is 12.8 Å². The van der Waals surface area contributed by atoms with E-state index in [9.17, 15) is 4.79 Å². The molecule has 4 nitrogen and oxygen atoms in total. The van der Waals surface area contributed by atoms with Gasteiger partial charge in [0.05, 0.1) is 6.04 Å². The van der Waals surface area contributed by atoms with Gasteiger partial charge in [-0.15, -0.1) is 0 Å². The van der Waals surface area contributed by atoms with Crippen LogP contribution >= 0.6 is 0 Å². The Morgan fingerprint density at radius 3 is 3.00 bits per heavy atom. The van der Waals surface area contributed by atoms with E-state index in [0.29, 0.717) is 12.6 Å². The van der Waals surface area contributed by atoms with Gasteiger partial charge in [-0.25, -0.2) is 4.79 Å². The van der Waals surface area contributed by atoms with Crippen molar-refractivity contribution in [3.8, 4) is 0 Å². The van der Waals surface area contributed by atoms with Crippen molar-refractivity contribution >= 4 is 6.09 Å². The molecule has 0 saturated carbocycles. The third-order valence-corrected chi connectivity index (χ3v) is 2.47. The average molecular weight is 170 g/mol. The van der Waals surface area contributed by atoms with Gasteiger partial charge in [-0.1, -0.05) is 0 Å². The van der Waals surface area contributed by atoms with Crippen molar-refractivity contribution in [2.45, 2.75) is 31.3 Å². The first-order valence-electron chi connectivity index (χ1n) is 4.51. The second kappa shape index (κ2) is 3.31. The first-order valence-corrected chi connectivity index (χ1v) is 4.51. The monoisotopic (exact) mass is 170 g/mol. The summed E-state index contributed by atoms with van der Waals surface area (Å²) in [5.74, 6) is 0. The van der Waals surface area contributed by atoms with Crippen LogP contribution in [0.1, 0.15) is 19.3 Å². The van der Waals surface area contributed by atoms with Gasteiger partial charge in [0.1, 0.15) is 6.61 Å². The number of cyclic esters (lactones) is 1. The molecule has 2 saturated heterocycles. The van der Waals surface area contributed by atoms with E-state index in [4.69, 9.17) is 4.74 Å². The normalized spacial score (nSPS) is 34.8. The zero-order chi connectivity index (χ0) is 8.39. The van der Waals surface area contributed by atoms with Gasteiger partial charge in [-0.2, -0.15) is 0 Å². The molecule has 0 aromatic heterocycles. The van der Waals surface area contributed by atoms with Crippen LogP contribution in [-0.4, -0.2) is 31.3 Å². The molecule has 0 aromatic rings. The minimum Gasteiger partial charge on any atom is -0.447 e. The van der Waals surface area contributed by atoms with Gasteiger partial charge in [0, 0.05) is 6.04 Å². The summed E-state index contributed by atoms with van der Waals surface area (Å²) in [5.41, 5.74) is 0. The van der Waals surface area contributed by atoms with Gasteiger partial charge in [0.2, 0.25) is 0 Å². The van der Waals surface area contributed by atoms with Crippen molar-refractivity contribution in [3.05, 3.63) is 0 Å². The lowest BCUT2D eigenvalue weighted by Gasteiger charge is -2.13. The summed E-state index contributed by atoms with van der Waals surface area (Å²) in [6.45, 7) is 1.66. The standard InChI is InChI=1S/C8H14N2O2/c11-8-10-7(5-12-8)4-6-2-1-3-9-6/h6-7,9H,1-5H2,(H,10,11). The largest absolute Gasteiger partial charge is 0.447 e. The van der Waals surface area contributed by atoms with E-state index >= 15 is 0 Å². The van der Waals surface area contributed by atoms with Crippen molar-refractivity contribution in [2.24, 2.45) is 0 Å². The van der Waals surface area contributed by atoms with Crippen LogP contribution in [0.25, 0.3) is 0 Å². The van der Waals surface area contributed by atoms with Crippen LogP contribution in [0, 0.1) is 0 Å². The number of amides is 1. The maximum Gasteiger partial charge on any atom is 0.407 e. The molecule has 2 heterocycles. The molecule has 68 valence electrons. The molecule has 2 aliphatic heterocycles. The number of rotatable bonds is 2. The average Bonchev–Trinajstić information content (AvgIpc) is 2.63. The van der Waals surface area contributed by atoms with Crippen LogP contribution < -0.4 is 10.6 Å².